The molecule has 3 heteroatoms. The normalized spacial score (nSPS) is 12.7. The first-order chi connectivity index (χ1) is 9.47. The van der Waals surface area contributed by atoms with Gasteiger partial charge in [-0.3, -0.25) is 0 Å². The van der Waals surface area contributed by atoms with Crippen molar-refractivity contribution in [3.8, 4) is 0 Å². The van der Waals surface area contributed by atoms with Gasteiger partial charge in [0.15, 0.2) is 0 Å². The van der Waals surface area contributed by atoms with E-state index in [2.05, 4.69) is 54.0 Å². The van der Waals surface area contributed by atoms with Crippen molar-refractivity contribution in [3.63, 3.8) is 0 Å². The highest BCUT2D eigenvalue weighted by molar-refractivity contribution is 9.10. The maximum Gasteiger partial charge on any atom is 0.137 e. The minimum atomic E-state index is -0.247. The molecule has 0 fully saturated rings. The second kappa shape index (κ2) is 6.51. The molecule has 0 aliphatic carbocycles. The molecule has 0 saturated carbocycles. The zero-order valence-corrected chi connectivity index (χ0v) is 13.3. The molecule has 0 spiro atoms. The molecule has 106 valence electrons. The van der Waals surface area contributed by atoms with Gasteiger partial charge in [-0.05, 0) is 57.1 Å². The predicted octanol–water partition coefficient (Wildman–Crippen LogP) is 4.95. The molecule has 20 heavy (non-hydrogen) atoms. The van der Waals surface area contributed by atoms with E-state index in [1.165, 1.54) is 11.6 Å². The maximum absolute atomic E-state index is 13.2. The molecule has 0 aliphatic heterocycles. The van der Waals surface area contributed by atoms with Crippen molar-refractivity contribution in [2.24, 2.45) is 5.73 Å². The fraction of sp³-hybridized carbons (Fsp3) is 0.294. The van der Waals surface area contributed by atoms with Crippen molar-refractivity contribution in [2.75, 3.05) is 0 Å². The molecule has 2 aromatic rings. The van der Waals surface area contributed by atoms with Crippen molar-refractivity contribution >= 4 is 15.9 Å². The summed E-state index contributed by atoms with van der Waals surface area (Å²) in [6, 6.07) is 13.4. The highest BCUT2D eigenvalue weighted by Gasteiger charge is 2.09. The van der Waals surface area contributed by atoms with Gasteiger partial charge in [-0.25, -0.2) is 4.39 Å². The third-order valence-electron chi connectivity index (χ3n) is 3.47. The van der Waals surface area contributed by atoms with Crippen LogP contribution < -0.4 is 5.73 Å². The third-order valence-corrected chi connectivity index (χ3v) is 4.08. The van der Waals surface area contributed by atoms with Gasteiger partial charge in [0.05, 0.1) is 4.47 Å². The summed E-state index contributed by atoms with van der Waals surface area (Å²) in [5.41, 5.74) is 9.68. The summed E-state index contributed by atoms with van der Waals surface area (Å²) in [6.07, 6.45) is 0.694. The van der Waals surface area contributed by atoms with Gasteiger partial charge in [0.2, 0.25) is 0 Å². The van der Waals surface area contributed by atoms with Gasteiger partial charge in [0, 0.05) is 6.04 Å². The molecule has 0 saturated heterocycles. The standard InChI is InChI=1S/C17H19BrFN/c1-11(2)13-4-6-14(7-5-13)17(20)10-12-3-8-16(19)15(18)9-12/h3-9,11,17H,10,20H2,1-2H3. The van der Waals surface area contributed by atoms with Crippen LogP contribution in [0.5, 0.6) is 0 Å². The fourth-order valence-electron chi connectivity index (χ4n) is 2.17. The first-order valence-corrected chi connectivity index (χ1v) is 7.56. The average molecular weight is 336 g/mol. The van der Waals surface area contributed by atoms with Crippen molar-refractivity contribution in [1.82, 2.24) is 0 Å². The van der Waals surface area contributed by atoms with E-state index in [-0.39, 0.29) is 11.9 Å². The van der Waals surface area contributed by atoms with Crippen LogP contribution in [0.25, 0.3) is 0 Å². The Hall–Kier alpha value is -1.19. The zero-order valence-electron chi connectivity index (χ0n) is 11.7. The number of hydrogen-bond acceptors (Lipinski definition) is 1. The number of benzene rings is 2. The summed E-state index contributed by atoms with van der Waals surface area (Å²) in [6.45, 7) is 4.34. The Morgan fingerprint density at radius 2 is 1.65 bits per heavy atom. The van der Waals surface area contributed by atoms with E-state index in [1.807, 2.05) is 0 Å². The maximum atomic E-state index is 13.2. The van der Waals surface area contributed by atoms with Crippen molar-refractivity contribution < 1.29 is 4.39 Å². The minimum absolute atomic E-state index is 0.0754. The van der Waals surface area contributed by atoms with Crippen LogP contribution in [-0.2, 0) is 6.42 Å². The predicted molar refractivity (Wildman–Crippen MR) is 85.3 cm³/mol. The molecule has 0 bridgehead atoms. The first kappa shape index (κ1) is 15.2. The Morgan fingerprint density at radius 1 is 1.05 bits per heavy atom. The molecule has 1 unspecified atom stereocenters. The fourth-order valence-corrected chi connectivity index (χ4v) is 2.59. The van der Waals surface area contributed by atoms with Crippen LogP contribution in [-0.4, -0.2) is 0 Å². The van der Waals surface area contributed by atoms with Crippen LogP contribution in [0, 0.1) is 5.82 Å². The van der Waals surface area contributed by atoms with Gasteiger partial charge in [-0.1, -0.05) is 44.2 Å². The summed E-state index contributed by atoms with van der Waals surface area (Å²) in [5.74, 6) is 0.275. The molecule has 1 atom stereocenters. The van der Waals surface area contributed by atoms with E-state index in [9.17, 15) is 4.39 Å². The summed E-state index contributed by atoms with van der Waals surface area (Å²) < 4.78 is 13.7. The van der Waals surface area contributed by atoms with E-state index in [4.69, 9.17) is 5.73 Å². The third kappa shape index (κ3) is 3.68. The number of nitrogens with two attached hydrogens (primary N) is 1. The molecule has 1 nitrogen and oxygen atoms in total. The lowest BCUT2D eigenvalue weighted by molar-refractivity contribution is 0.618. The van der Waals surface area contributed by atoms with Gasteiger partial charge in [0.25, 0.3) is 0 Å². The molecular weight excluding hydrogens is 317 g/mol. The largest absolute Gasteiger partial charge is 0.324 e. The molecule has 2 rings (SSSR count). The number of hydrogen-bond donors (Lipinski definition) is 1. The Balaban J connectivity index is 2.10. The summed E-state index contributed by atoms with van der Waals surface area (Å²) in [7, 11) is 0. The minimum Gasteiger partial charge on any atom is -0.324 e. The zero-order chi connectivity index (χ0) is 14.7. The van der Waals surface area contributed by atoms with Crippen LogP contribution in [0.1, 0.15) is 42.5 Å². The van der Waals surface area contributed by atoms with Crippen LogP contribution in [0.4, 0.5) is 4.39 Å². The molecular formula is C17H19BrFN. The highest BCUT2D eigenvalue weighted by atomic mass is 79.9. The van der Waals surface area contributed by atoms with Gasteiger partial charge < -0.3 is 5.73 Å². The molecule has 0 aliphatic rings. The molecule has 0 amide bonds. The van der Waals surface area contributed by atoms with E-state index in [0.717, 1.165) is 11.1 Å². The van der Waals surface area contributed by atoms with Crippen molar-refractivity contribution in [1.29, 1.82) is 0 Å². The van der Waals surface area contributed by atoms with Crippen LogP contribution in [0.3, 0.4) is 0 Å². The van der Waals surface area contributed by atoms with Crippen LogP contribution in [0.15, 0.2) is 46.9 Å². The highest BCUT2D eigenvalue weighted by Crippen LogP contribution is 2.22. The van der Waals surface area contributed by atoms with Crippen LogP contribution in [0.2, 0.25) is 0 Å². The Labute approximate surface area is 128 Å². The lowest BCUT2D eigenvalue weighted by Gasteiger charge is -2.14. The molecule has 0 radical (unpaired) electrons. The second-order valence-corrected chi connectivity index (χ2v) is 6.23. The number of rotatable bonds is 4. The molecule has 0 heterocycles. The Bertz CT molecular complexity index is 578. The SMILES string of the molecule is CC(C)c1ccc(C(N)Cc2ccc(F)c(Br)c2)cc1. The van der Waals surface area contributed by atoms with Gasteiger partial charge in [-0.2, -0.15) is 0 Å². The lowest BCUT2D eigenvalue weighted by Crippen LogP contribution is -2.13. The van der Waals surface area contributed by atoms with Crippen molar-refractivity contribution in [2.45, 2.75) is 32.2 Å². The van der Waals surface area contributed by atoms with Gasteiger partial charge in [0.1, 0.15) is 5.82 Å². The van der Waals surface area contributed by atoms with Gasteiger partial charge in [-0.15, -0.1) is 0 Å². The summed E-state index contributed by atoms with van der Waals surface area (Å²) in [4.78, 5) is 0. The van der Waals surface area contributed by atoms with Gasteiger partial charge >= 0.3 is 0 Å². The Morgan fingerprint density at radius 3 is 2.20 bits per heavy atom. The van der Waals surface area contributed by atoms with Crippen LogP contribution >= 0.6 is 15.9 Å². The topological polar surface area (TPSA) is 26.0 Å². The van der Waals surface area contributed by atoms with E-state index in [0.29, 0.717) is 16.8 Å². The second-order valence-electron chi connectivity index (χ2n) is 5.38. The monoisotopic (exact) mass is 335 g/mol. The van der Waals surface area contributed by atoms with E-state index < -0.39 is 0 Å². The summed E-state index contributed by atoms with van der Waals surface area (Å²) >= 11 is 3.20. The molecule has 2 N–H and O–H groups in total. The molecule has 0 aromatic heterocycles. The smallest absolute Gasteiger partial charge is 0.137 e. The van der Waals surface area contributed by atoms with E-state index in [1.54, 1.807) is 12.1 Å². The first-order valence-electron chi connectivity index (χ1n) is 6.76. The Kier molecular flexibility index (Phi) is 4.95. The van der Waals surface area contributed by atoms with E-state index >= 15 is 0 Å². The van der Waals surface area contributed by atoms with Crippen molar-refractivity contribution in [3.05, 3.63) is 69.4 Å². The molecule has 2 aromatic carbocycles. The summed E-state index contributed by atoms with van der Waals surface area (Å²) in [5, 5.41) is 0. The lowest BCUT2D eigenvalue weighted by atomic mass is 9.96. The quantitative estimate of drug-likeness (QED) is 0.840. The average Bonchev–Trinajstić information content (AvgIpc) is 2.43. The number of halogens is 2.